The van der Waals surface area contributed by atoms with Crippen molar-refractivity contribution in [2.75, 3.05) is 13.2 Å². The summed E-state index contributed by atoms with van der Waals surface area (Å²) in [6.45, 7) is 4.52. The van der Waals surface area contributed by atoms with E-state index in [1.54, 1.807) is 0 Å². The second kappa shape index (κ2) is 4.75. The first kappa shape index (κ1) is 11.5. The van der Waals surface area contributed by atoms with Gasteiger partial charge in [0.25, 0.3) is 0 Å². The van der Waals surface area contributed by atoms with Crippen LogP contribution >= 0.6 is 0 Å². The van der Waals surface area contributed by atoms with E-state index in [0.717, 1.165) is 12.8 Å². The Bertz CT molecular complexity index is 200. The van der Waals surface area contributed by atoms with Crippen LogP contribution in [0.1, 0.15) is 33.1 Å². The molecule has 82 valence electrons. The van der Waals surface area contributed by atoms with Gasteiger partial charge in [-0.05, 0) is 33.1 Å². The van der Waals surface area contributed by atoms with Gasteiger partial charge in [0.05, 0.1) is 6.10 Å². The van der Waals surface area contributed by atoms with Crippen molar-refractivity contribution in [3.63, 3.8) is 0 Å². The second-order valence-electron chi connectivity index (χ2n) is 4.35. The molecule has 0 atom stereocenters. The molecule has 1 fully saturated rings. The Hall–Kier alpha value is -0.610. The van der Waals surface area contributed by atoms with Gasteiger partial charge in [-0.3, -0.25) is 4.79 Å². The van der Waals surface area contributed by atoms with E-state index in [1.807, 2.05) is 13.8 Å². The van der Waals surface area contributed by atoms with Gasteiger partial charge in [0.2, 0.25) is 5.91 Å². The number of nitrogens with two attached hydrogens (primary N) is 1. The first-order valence-corrected chi connectivity index (χ1v) is 5.19. The van der Waals surface area contributed by atoms with Crippen molar-refractivity contribution in [1.82, 2.24) is 5.32 Å². The number of rotatable bonds is 5. The third kappa shape index (κ3) is 3.64. The Morgan fingerprint density at radius 1 is 1.57 bits per heavy atom. The highest BCUT2D eigenvalue weighted by molar-refractivity contribution is 5.77. The van der Waals surface area contributed by atoms with Gasteiger partial charge >= 0.3 is 0 Å². The van der Waals surface area contributed by atoms with E-state index < -0.39 is 0 Å². The largest absolute Gasteiger partial charge is 0.369 e. The van der Waals surface area contributed by atoms with Gasteiger partial charge < -0.3 is 15.8 Å². The number of nitrogens with one attached hydrogen (secondary N) is 1. The predicted molar refractivity (Wildman–Crippen MR) is 54.9 cm³/mol. The van der Waals surface area contributed by atoms with Crippen LogP contribution in [-0.2, 0) is 9.53 Å². The second-order valence-corrected chi connectivity index (χ2v) is 4.35. The number of carbonyl (C=O) groups excluding carboxylic acids is 1. The zero-order chi connectivity index (χ0) is 10.6. The number of ether oxygens (including phenoxy) is 1. The maximum atomic E-state index is 11.2. The molecule has 0 heterocycles. The van der Waals surface area contributed by atoms with E-state index in [-0.39, 0.29) is 24.2 Å². The number of hydrogen-bond acceptors (Lipinski definition) is 3. The molecule has 3 N–H and O–H groups in total. The van der Waals surface area contributed by atoms with Crippen LogP contribution in [0.15, 0.2) is 0 Å². The average molecular weight is 200 g/mol. The Labute approximate surface area is 85.2 Å². The molecule has 0 aromatic heterocycles. The lowest BCUT2D eigenvalue weighted by Gasteiger charge is -2.38. The molecular weight excluding hydrogens is 180 g/mol. The Balaban J connectivity index is 2.08. The zero-order valence-electron chi connectivity index (χ0n) is 9.01. The SMILES string of the molecule is CC(C)OCC(=O)NCC1(N)CCC1. The van der Waals surface area contributed by atoms with Crippen molar-refractivity contribution >= 4 is 5.91 Å². The van der Waals surface area contributed by atoms with Gasteiger partial charge in [0.15, 0.2) is 0 Å². The van der Waals surface area contributed by atoms with Crippen LogP contribution in [0.4, 0.5) is 0 Å². The monoisotopic (exact) mass is 200 g/mol. The molecule has 0 radical (unpaired) electrons. The fourth-order valence-electron chi connectivity index (χ4n) is 1.38. The molecule has 0 saturated heterocycles. The van der Waals surface area contributed by atoms with Crippen molar-refractivity contribution in [1.29, 1.82) is 0 Å². The molecule has 1 saturated carbocycles. The number of carbonyl (C=O) groups is 1. The van der Waals surface area contributed by atoms with Crippen molar-refractivity contribution < 1.29 is 9.53 Å². The standard InChI is InChI=1S/C10H20N2O2/c1-8(2)14-6-9(13)12-7-10(11)4-3-5-10/h8H,3-7,11H2,1-2H3,(H,12,13). The molecule has 1 aliphatic carbocycles. The third-order valence-electron chi connectivity index (χ3n) is 2.53. The summed E-state index contributed by atoms with van der Waals surface area (Å²) in [6.07, 6.45) is 3.29. The maximum Gasteiger partial charge on any atom is 0.246 e. The number of hydrogen-bond donors (Lipinski definition) is 2. The molecule has 14 heavy (non-hydrogen) atoms. The van der Waals surface area contributed by atoms with Gasteiger partial charge in [0, 0.05) is 12.1 Å². The minimum absolute atomic E-state index is 0.0737. The topological polar surface area (TPSA) is 64.3 Å². The van der Waals surface area contributed by atoms with Crippen molar-refractivity contribution in [3.05, 3.63) is 0 Å². The highest BCUT2D eigenvalue weighted by Crippen LogP contribution is 2.27. The van der Waals surface area contributed by atoms with E-state index in [9.17, 15) is 4.79 Å². The van der Waals surface area contributed by atoms with Gasteiger partial charge in [-0.25, -0.2) is 0 Å². The zero-order valence-corrected chi connectivity index (χ0v) is 9.01. The van der Waals surface area contributed by atoms with Crippen LogP contribution in [0, 0.1) is 0 Å². The normalized spacial score (nSPS) is 19.1. The highest BCUT2D eigenvalue weighted by Gasteiger charge is 2.32. The summed E-state index contributed by atoms with van der Waals surface area (Å²) in [5, 5.41) is 2.79. The third-order valence-corrected chi connectivity index (χ3v) is 2.53. The van der Waals surface area contributed by atoms with Crippen LogP contribution in [0.2, 0.25) is 0 Å². The summed E-state index contributed by atoms with van der Waals surface area (Å²) < 4.78 is 5.17. The van der Waals surface area contributed by atoms with Gasteiger partial charge in [0.1, 0.15) is 6.61 Å². The van der Waals surface area contributed by atoms with Gasteiger partial charge in [-0.2, -0.15) is 0 Å². The van der Waals surface area contributed by atoms with Crippen LogP contribution in [0.5, 0.6) is 0 Å². The van der Waals surface area contributed by atoms with Crippen molar-refractivity contribution in [2.24, 2.45) is 5.73 Å². The molecule has 4 nitrogen and oxygen atoms in total. The van der Waals surface area contributed by atoms with E-state index >= 15 is 0 Å². The Kier molecular flexibility index (Phi) is 3.89. The fourth-order valence-corrected chi connectivity index (χ4v) is 1.38. The molecular formula is C10H20N2O2. The molecule has 1 aliphatic rings. The van der Waals surface area contributed by atoms with E-state index in [1.165, 1.54) is 6.42 Å². The average Bonchev–Trinajstić information content (AvgIpc) is 2.08. The predicted octanol–water partition coefficient (Wildman–Crippen LogP) is 0.409. The molecule has 1 rings (SSSR count). The van der Waals surface area contributed by atoms with E-state index in [2.05, 4.69) is 5.32 Å². The van der Waals surface area contributed by atoms with Crippen LogP contribution in [0.25, 0.3) is 0 Å². The lowest BCUT2D eigenvalue weighted by Crippen LogP contribution is -2.55. The molecule has 0 aliphatic heterocycles. The van der Waals surface area contributed by atoms with E-state index in [0.29, 0.717) is 6.54 Å². The lowest BCUT2D eigenvalue weighted by molar-refractivity contribution is -0.127. The Morgan fingerprint density at radius 3 is 2.64 bits per heavy atom. The summed E-state index contributed by atoms with van der Waals surface area (Å²) in [4.78, 5) is 11.2. The molecule has 0 bridgehead atoms. The van der Waals surface area contributed by atoms with Crippen molar-refractivity contribution in [2.45, 2.75) is 44.8 Å². The van der Waals surface area contributed by atoms with Crippen molar-refractivity contribution in [3.8, 4) is 0 Å². The quantitative estimate of drug-likeness (QED) is 0.675. The summed E-state index contributed by atoms with van der Waals surface area (Å²) in [6, 6.07) is 0. The summed E-state index contributed by atoms with van der Waals surface area (Å²) in [5.74, 6) is -0.0737. The number of amides is 1. The fraction of sp³-hybridized carbons (Fsp3) is 0.900. The van der Waals surface area contributed by atoms with Crippen LogP contribution < -0.4 is 11.1 Å². The minimum Gasteiger partial charge on any atom is -0.369 e. The summed E-state index contributed by atoms with van der Waals surface area (Å²) in [7, 11) is 0. The van der Waals surface area contributed by atoms with Gasteiger partial charge in [-0.1, -0.05) is 0 Å². The summed E-state index contributed by atoms with van der Waals surface area (Å²) in [5.41, 5.74) is 5.81. The minimum atomic E-state index is -0.145. The summed E-state index contributed by atoms with van der Waals surface area (Å²) >= 11 is 0. The first-order chi connectivity index (χ1) is 6.52. The Morgan fingerprint density at radius 2 is 2.21 bits per heavy atom. The maximum absolute atomic E-state index is 11.2. The highest BCUT2D eigenvalue weighted by atomic mass is 16.5. The molecule has 0 aromatic rings. The molecule has 0 unspecified atom stereocenters. The van der Waals surface area contributed by atoms with Gasteiger partial charge in [-0.15, -0.1) is 0 Å². The first-order valence-electron chi connectivity index (χ1n) is 5.19. The van der Waals surface area contributed by atoms with Crippen LogP contribution in [-0.4, -0.2) is 30.7 Å². The molecule has 1 amide bonds. The molecule has 0 aromatic carbocycles. The molecule has 4 heteroatoms. The van der Waals surface area contributed by atoms with Crippen LogP contribution in [0.3, 0.4) is 0 Å². The van der Waals surface area contributed by atoms with E-state index in [4.69, 9.17) is 10.5 Å². The smallest absolute Gasteiger partial charge is 0.246 e. The lowest BCUT2D eigenvalue weighted by atomic mass is 9.78. The molecule has 0 spiro atoms.